The van der Waals surface area contributed by atoms with Gasteiger partial charge in [-0.2, -0.15) is 5.10 Å². The molecule has 0 saturated carbocycles. The predicted molar refractivity (Wildman–Crippen MR) is 212 cm³/mol. The third-order valence-electron chi connectivity index (χ3n) is 11.5. The number of aromatic nitrogens is 3. The summed E-state index contributed by atoms with van der Waals surface area (Å²) in [4.78, 5) is 41.9. The molecule has 0 bridgehead atoms. The molecule has 1 unspecified atom stereocenters. The molecular formula is C42H49FN6O6Si. The molecule has 0 aliphatic carbocycles. The number of halogens is 1. The van der Waals surface area contributed by atoms with Crippen LogP contribution in [0.25, 0.3) is 0 Å². The number of fused-ring (bicyclic) bond motifs is 2. The van der Waals surface area contributed by atoms with Crippen molar-refractivity contribution in [1.29, 1.82) is 0 Å². The molecule has 0 radical (unpaired) electrons. The molecule has 1 fully saturated rings. The van der Waals surface area contributed by atoms with Gasteiger partial charge in [0.25, 0.3) is 5.91 Å². The van der Waals surface area contributed by atoms with Crippen LogP contribution in [0.5, 0.6) is 0 Å². The summed E-state index contributed by atoms with van der Waals surface area (Å²) in [7, 11) is -2.13. The Kier molecular flexibility index (Phi) is 11.3. The molecule has 1 N–H and O–H groups in total. The van der Waals surface area contributed by atoms with E-state index in [1.54, 1.807) is 34.9 Å². The summed E-state index contributed by atoms with van der Waals surface area (Å²) in [6, 6.07) is 24.8. The summed E-state index contributed by atoms with van der Waals surface area (Å²) in [5.74, 6) is -1.67. The number of aryl methyl sites for hydroxylation is 1. The van der Waals surface area contributed by atoms with Gasteiger partial charge >= 0.3 is 5.97 Å². The Bertz CT molecular complexity index is 2090. The second-order valence-electron chi connectivity index (χ2n) is 15.4. The number of esters is 1. The molecule has 7 rings (SSSR count). The van der Waals surface area contributed by atoms with E-state index in [2.05, 4.69) is 10.3 Å². The van der Waals surface area contributed by atoms with Gasteiger partial charge in [-0.3, -0.25) is 19.1 Å². The topological polar surface area (TPSA) is 139 Å². The molecule has 56 heavy (non-hydrogen) atoms. The molecule has 294 valence electrons. The standard InChI is InChI=1S/C42H49FN6O6Si/c1-28-40(56(3,4)43)37(22-24-47-26-35(44-46-47)32(27-50)29-13-7-5-8-14-29)55-42(28)33-25-31(49-38(51)21-19-34(45-49)30-15-9-6-10-16-30)18-20-36(33)48(41(42)53)23-12-11-17-39(52)54-2/h5-10,13-16,18,20,25-26,28,32,37,40,50H,11-12,17,19,21-24,27H2,1-4H3/t28-,32?,37+,40-,42+/m1/s1. The largest absolute Gasteiger partial charge is 0.469 e. The van der Waals surface area contributed by atoms with Crippen LogP contribution in [0.3, 0.4) is 0 Å². The van der Waals surface area contributed by atoms with Crippen LogP contribution < -0.4 is 9.91 Å². The van der Waals surface area contributed by atoms with Gasteiger partial charge in [0.05, 0.1) is 48.5 Å². The highest BCUT2D eigenvalue weighted by Gasteiger charge is 2.66. The van der Waals surface area contributed by atoms with Crippen LogP contribution in [-0.4, -0.2) is 78.4 Å². The number of hydrogen-bond acceptors (Lipinski definition) is 9. The van der Waals surface area contributed by atoms with Gasteiger partial charge in [-0.05, 0) is 61.7 Å². The number of carbonyl (C=O) groups is 3. The molecule has 3 aromatic carbocycles. The van der Waals surface area contributed by atoms with E-state index in [9.17, 15) is 19.5 Å². The van der Waals surface area contributed by atoms with Gasteiger partial charge in [-0.1, -0.05) is 72.8 Å². The summed E-state index contributed by atoms with van der Waals surface area (Å²) in [6.45, 7) is 5.77. The van der Waals surface area contributed by atoms with E-state index in [1.165, 1.54) is 12.1 Å². The lowest BCUT2D eigenvalue weighted by Crippen LogP contribution is -2.45. The average molecular weight is 781 g/mol. The molecule has 3 aliphatic rings. The highest BCUT2D eigenvalue weighted by molar-refractivity contribution is 6.72. The zero-order valence-electron chi connectivity index (χ0n) is 32.3. The summed E-state index contributed by atoms with van der Waals surface area (Å²) in [6.07, 6.45) is 3.58. The van der Waals surface area contributed by atoms with Crippen LogP contribution in [0.15, 0.2) is 90.2 Å². The number of aliphatic hydroxyl groups excluding tert-OH is 1. The number of hydrogen-bond donors (Lipinski definition) is 1. The molecule has 5 atom stereocenters. The van der Waals surface area contributed by atoms with E-state index in [1.807, 2.05) is 79.7 Å². The Morgan fingerprint density at radius 3 is 2.46 bits per heavy atom. The number of rotatable bonds is 14. The van der Waals surface area contributed by atoms with Crippen molar-refractivity contribution in [3.8, 4) is 0 Å². The minimum atomic E-state index is -3.48. The number of amides is 2. The maximum atomic E-state index is 16.6. The fourth-order valence-electron chi connectivity index (χ4n) is 8.79. The van der Waals surface area contributed by atoms with Gasteiger partial charge in [-0.15, -0.1) is 5.10 Å². The van der Waals surface area contributed by atoms with Crippen LogP contribution in [-0.2, 0) is 36.0 Å². The summed E-state index contributed by atoms with van der Waals surface area (Å²) in [5, 5.41) is 25.1. The minimum absolute atomic E-state index is 0.136. The number of carbonyl (C=O) groups excluding carboxylic acids is 3. The van der Waals surface area contributed by atoms with Crippen molar-refractivity contribution in [3.63, 3.8) is 0 Å². The van der Waals surface area contributed by atoms with Crippen LogP contribution in [0.2, 0.25) is 18.6 Å². The SMILES string of the molecule is COC(=O)CCCCN1C(=O)[C@@]2(O[C@@H](CCn3cc(C(CO)c4ccccc4)nn3)[C@H]([Si](C)(C)F)[C@H]2C)c2cc(N3N=C(c4ccccc4)CCC3=O)ccc21. The number of anilines is 2. The third kappa shape index (κ3) is 7.44. The van der Waals surface area contributed by atoms with Crippen molar-refractivity contribution in [2.24, 2.45) is 11.0 Å². The van der Waals surface area contributed by atoms with Crippen LogP contribution in [0.4, 0.5) is 15.5 Å². The lowest BCUT2D eigenvalue weighted by Gasteiger charge is -2.31. The number of nitrogens with zero attached hydrogens (tertiary/aromatic N) is 6. The Balaban J connectivity index is 1.22. The number of hydrazone groups is 1. The van der Waals surface area contributed by atoms with Gasteiger partial charge < -0.3 is 23.6 Å². The average Bonchev–Trinajstić information content (AvgIpc) is 3.86. The van der Waals surface area contributed by atoms with E-state index in [0.29, 0.717) is 61.4 Å². The fraction of sp³-hybridized carbons (Fsp3) is 0.429. The molecule has 14 heteroatoms. The normalized spacial score (nSPS) is 22.8. The second kappa shape index (κ2) is 16.2. The highest BCUT2D eigenvalue weighted by atomic mass is 28.4. The number of aliphatic hydroxyl groups is 1. The van der Waals surface area contributed by atoms with Crippen LogP contribution >= 0.6 is 0 Å². The summed E-state index contributed by atoms with van der Waals surface area (Å²) in [5.41, 5.74) is 2.89. The number of ether oxygens (including phenoxy) is 2. The first-order valence-electron chi connectivity index (χ1n) is 19.4. The predicted octanol–water partition coefficient (Wildman–Crippen LogP) is 6.49. The maximum Gasteiger partial charge on any atom is 0.305 e. The Morgan fingerprint density at radius 1 is 1.04 bits per heavy atom. The number of methoxy groups -OCH3 is 1. The van der Waals surface area contributed by atoms with Crippen LogP contribution in [0, 0.1) is 5.92 Å². The van der Waals surface area contributed by atoms with Crippen molar-refractivity contribution < 1.29 is 33.1 Å². The molecule has 4 heterocycles. The Labute approximate surface area is 327 Å². The van der Waals surface area contributed by atoms with Gasteiger partial charge in [-0.25, -0.2) is 5.01 Å². The molecule has 2 amide bonds. The number of unbranched alkanes of at least 4 members (excludes halogenated alkanes) is 1. The quantitative estimate of drug-likeness (QED) is 0.0664. The fourth-order valence-corrected chi connectivity index (χ4v) is 11.3. The molecule has 4 aromatic rings. The first-order valence-corrected chi connectivity index (χ1v) is 22.3. The summed E-state index contributed by atoms with van der Waals surface area (Å²) < 4.78 is 30.2. The third-order valence-corrected chi connectivity index (χ3v) is 14.0. The van der Waals surface area contributed by atoms with Crippen molar-refractivity contribution in [1.82, 2.24) is 15.0 Å². The van der Waals surface area contributed by atoms with Gasteiger partial charge in [0.15, 0.2) is 5.60 Å². The van der Waals surface area contributed by atoms with Gasteiger partial charge in [0, 0.05) is 55.6 Å². The van der Waals surface area contributed by atoms with E-state index in [4.69, 9.17) is 14.6 Å². The molecular weight excluding hydrogens is 732 g/mol. The Morgan fingerprint density at radius 2 is 1.77 bits per heavy atom. The second-order valence-corrected chi connectivity index (χ2v) is 19.2. The first kappa shape index (κ1) is 39.2. The van der Waals surface area contributed by atoms with E-state index in [-0.39, 0.29) is 43.2 Å². The molecule has 1 saturated heterocycles. The smallest absolute Gasteiger partial charge is 0.305 e. The summed E-state index contributed by atoms with van der Waals surface area (Å²) >= 11 is 0. The lowest BCUT2D eigenvalue weighted by molar-refractivity contribution is -0.146. The van der Waals surface area contributed by atoms with Crippen LogP contribution in [0.1, 0.15) is 73.8 Å². The highest BCUT2D eigenvalue weighted by Crippen LogP contribution is 2.60. The lowest BCUT2D eigenvalue weighted by atomic mass is 9.82. The first-order chi connectivity index (χ1) is 27.0. The minimum Gasteiger partial charge on any atom is -0.469 e. The van der Waals surface area contributed by atoms with E-state index < -0.39 is 31.6 Å². The molecule has 1 spiro atoms. The molecule has 1 aromatic heterocycles. The zero-order valence-corrected chi connectivity index (χ0v) is 33.3. The van der Waals surface area contributed by atoms with Gasteiger partial charge in [0.2, 0.25) is 14.3 Å². The van der Waals surface area contributed by atoms with Crippen molar-refractivity contribution in [3.05, 3.63) is 107 Å². The monoisotopic (exact) mass is 780 g/mol. The maximum absolute atomic E-state index is 16.6. The number of benzene rings is 3. The van der Waals surface area contributed by atoms with E-state index in [0.717, 1.165) is 16.8 Å². The Hall–Kier alpha value is -5.05. The molecule has 12 nitrogen and oxygen atoms in total. The van der Waals surface area contributed by atoms with Gasteiger partial charge in [0.1, 0.15) is 0 Å². The van der Waals surface area contributed by atoms with Crippen molar-refractivity contribution in [2.75, 3.05) is 30.2 Å². The van der Waals surface area contributed by atoms with Crippen molar-refractivity contribution >= 4 is 43.3 Å². The molecule has 3 aliphatic heterocycles. The van der Waals surface area contributed by atoms with Crippen molar-refractivity contribution in [2.45, 2.75) is 88.3 Å². The van der Waals surface area contributed by atoms with E-state index >= 15 is 4.11 Å². The zero-order chi connectivity index (χ0) is 39.6.